The minimum Gasteiger partial charge on any atom is -0.325 e. The number of aryl methyl sites for hydroxylation is 2. The van der Waals surface area contributed by atoms with Crippen LogP contribution in [0.3, 0.4) is 0 Å². The van der Waals surface area contributed by atoms with E-state index in [0.717, 1.165) is 10.2 Å². The number of carbonyl (C=O) groups excluding carboxylic acids is 2. The summed E-state index contributed by atoms with van der Waals surface area (Å²) in [6, 6.07) is 13.4. The lowest BCUT2D eigenvalue weighted by molar-refractivity contribution is -0.116. The minimum absolute atomic E-state index is 0.0325. The molecule has 0 aliphatic rings. The summed E-state index contributed by atoms with van der Waals surface area (Å²) in [5, 5.41) is 9.49. The highest BCUT2D eigenvalue weighted by atomic mass is 16.2. The molecule has 1 aromatic carbocycles. The van der Waals surface area contributed by atoms with Crippen molar-refractivity contribution in [2.24, 2.45) is 0 Å². The molecule has 0 radical (unpaired) electrons. The highest BCUT2D eigenvalue weighted by Gasteiger charge is 2.11. The number of benzene rings is 1. The molecule has 2 N–H and O–H groups in total. The van der Waals surface area contributed by atoms with E-state index in [4.69, 9.17) is 0 Å². The number of nitrogens with zero attached hydrogens (tertiary/aromatic N) is 3. The van der Waals surface area contributed by atoms with Crippen molar-refractivity contribution in [2.75, 3.05) is 10.6 Å². The molecule has 2 aromatic heterocycles. The standard InChI is InChI=1S/C20H19N5O3/c1-14-4-2-5-15(12-14)23-20(28)17-7-8-19(27)25(24-17)11-9-18(26)22-16-6-3-10-21-13-16/h2-8,10,12-13H,9,11H2,1H3,(H,22,26)(H,23,28). The molecule has 8 nitrogen and oxygen atoms in total. The van der Waals surface area contributed by atoms with Crippen molar-refractivity contribution in [2.45, 2.75) is 19.9 Å². The average molecular weight is 377 g/mol. The van der Waals surface area contributed by atoms with Crippen LogP contribution in [0.4, 0.5) is 11.4 Å². The smallest absolute Gasteiger partial charge is 0.276 e. The first kappa shape index (κ1) is 19.0. The van der Waals surface area contributed by atoms with Crippen LogP contribution >= 0.6 is 0 Å². The Morgan fingerprint density at radius 2 is 1.86 bits per heavy atom. The summed E-state index contributed by atoms with van der Waals surface area (Å²) in [4.78, 5) is 40.3. The number of hydrogen-bond acceptors (Lipinski definition) is 5. The van der Waals surface area contributed by atoms with Crippen molar-refractivity contribution >= 4 is 23.2 Å². The molecule has 0 spiro atoms. The molecule has 0 aliphatic heterocycles. The quantitative estimate of drug-likeness (QED) is 0.685. The molecule has 3 aromatic rings. The highest BCUT2D eigenvalue weighted by molar-refractivity contribution is 6.02. The van der Waals surface area contributed by atoms with Crippen molar-refractivity contribution in [3.05, 3.63) is 82.5 Å². The summed E-state index contributed by atoms with van der Waals surface area (Å²) in [5.74, 6) is -0.713. The van der Waals surface area contributed by atoms with Crippen molar-refractivity contribution in [1.29, 1.82) is 0 Å². The molecule has 28 heavy (non-hydrogen) atoms. The number of carbonyl (C=O) groups is 2. The Morgan fingerprint density at radius 1 is 1.04 bits per heavy atom. The van der Waals surface area contributed by atoms with Gasteiger partial charge < -0.3 is 10.6 Å². The summed E-state index contributed by atoms with van der Waals surface area (Å²) in [6.45, 7) is 1.97. The topological polar surface area (TPSA) is 106 Å². The van der Waals surface area contributed by atoms with Gasteiger partial charge >= 0.3 is 0 Å². The van der Waals surface area contributed by atoms with Crippen molar-refractivity contribution in [1.82, 2.24) is 14.8 Å². The van der Waals surface area contributed by atoms with E-state index < -0.39 is 5.91 Å². The first-order chi connectivity index (χ1) is 13.5. The maximum atomic E-state index is 12.4. The van der Waals surface area contributed by atoms with Gasteiger partial charge in [-0.25, -0.2) is 4.68 Å². The van der Waals surface area contributed by atoms with E-state index in [2.05, 4.69) is 20.7 Å². The zero-order chi connectivity index (χ0) is 19.9. The van der Waals surface area contributed by atoms with Crippen LogP contribution in [0.5, 0.6) is 0 Å². The monoisotopic (exact) mass is 377 g/mol. The summed E-state index contributed by atoms with van der Waals surface area (Å²) in [6.07, 6.45) is 3.16. The van der Waals surface area contributed by atoms with Gasteiger partial charge in [-0.1, -0.05) is 12.1 Å². The van der Waals surface area contributed by atoms with Gasteiger partial charge in [-0.3, -0.25) is 19.4 Å². The Balaban J connectivity index is 1.65. The predicted octanol–water partition coefficient (Wildman–Crippen LogP) is 2.23. The fourth-order valence-electron chi connectivity index (χ4n) is 2.52. The fourth-order valence-corrected chi connectivity index (χ4v) is 2.52. The molecule has 0 fully saturated rings. The lowest BCUT2D eigenvalue weighted by atomic mass is 10.2. The first-order valence-corrected chi connectivity index (χ1v) is 8.67. The van der Waals surface area contributed by atoms with E-state index in [1.165, 1.54) is 18.3 Å². The Hall–Kier alpha value is -3.81. The Bertz CT molecular complexity index is 1050. The number of pyridine rings is 1. The highest BCUT2D eigenvalue weighted by Crippen LogP contribution is 2.10. The van der Waals surface area contributed by atoms with Crippen molar-refractivity contribution in [3.8, 4) is 0 Å². The number of nitrogens with one attached hydrogen (secondary N) is 2. The third kappa shape index (κ3) is 5.10. The molecular weight excluding hydrogens is 358 g/mol. The lowest BCUT2D eigenvalue weighted by Crippen LogP contribution is -2.28. The summed E-state index contributed by atoms with van der Waals surface area (Å²) in [7, 11) is 0. The van der Waals surface area contributed by atoms with E-state index >= 15 is 0 Å². The SMILES string of the molecule is Cc1cccc(NC(=O)c2ccc(=O)n(CCC(=O)Nc3cccnc3)n2)c1. The molecule has 0 atom stereocenters. The lowest BCUT2D eigenvalue weighted by Gasteiger charge is -2.09. The Morgan fingerprint density at radius 3 is 2.61 bits per heavy atom. The van der Waals surface area contributed by atoms with Crippen LogP contribution in [0.2, 0.25) is 0 Å². The van der Waals surface area contributed by atoms with Gasteiger partial charge in [-0.2, -0.15) is 5.10 Å². The van der Waals surface area contributed by atoms with Crippen LogP contribution in [0.25, 0.3) is 0 Å². The fraction of sp³-hybridized carbons (Fsp3) is 0.150. The average Bonchev–Trinajstić information content (AvgIpc) is 2.68. The molecule has 2 heterocycles. The number of anilines is 2. The number of hydrogen-bond donors (Lipinski definition) is 2. The van der Waals surface area contributed by atoms with E-state index in [9.17, 15) is 14.4 Å². The molecule has 0 unspecified atom stereocenters. The zero-order valence-electron chi connectivity index (χ0n) is 15.3. The summed E-state index contributed by atoms with van der Waals surface area (Å²) >= 11 is 0. The van der Waals surface area contributed by atoms with E-state index in [1.807, 2.05) is 25.1 Å². The van der Waals surface area contributed by atoms with Gasteiger partial charge in [-0.05, 0) is 42.8 Å². The summed E-state index contributed by atoms with van der Waals surface area (Å²) < 4.78 is 1.11. The maximum Gasteiger partial charge on any atom is 0.276 e. The van der Waals surface area contributed by atoms with Crippen LogP contribution in [-0.2, 0) is 11.3 Å². The van der Waals surface area contributed by atoms with Crippen LogP contribution in [-0.4, -0.2) is 26.6 Å². The van der Waals surface area contributed by atoms with Gasteiger partial charge in [0.15, 0.2) is 0 Å². The second kappa shape index (κ2) is 8.72. The second-order valence-electron chi connectivity index (χ2n) is 6.14. The molecule has 0 aliphatic carbocycles. The molecule has 0 bridgehead atoms. The van der Waals surface area contributed by atoms with Crippen molar-refractivity contribution in [3.63, 3.8) is 0 Å². The zero-order valence-corrected chi connectivity index (χ0v) is 15.3. The second-order valence-corrected chi connectivity index (χ2v) is 6.14. The maximum absolute atomic E-state index is 12.4. The third-order valence-corrected chi connectivity index (χ3v) is 3.87. The van der Waals surface area contributed by atoms with Gasteiger partial charge in [-0.15, -0.1) is 0 Å². The molecule has 142 valence electrons. The van der Waals surface area contributed by atoms with E-state index in [1.54, 1.807) is 24.4 Å². The number of rotatable bonds is 6. The minimum atomic E-state index is -0.431. The Kier molecular flexibility index (Phi) is 5.91. The molecule has 2 amide bonds. The van der Waals surface area contributed by atoms with Gasteiger partial charge in [0.2, 0.25) is 5.91 Å². The van der Waals surface area contributed by atoms with Crippen molar-refractivity contribution < 1.29 is 9.59 Å². The van der Waals surface area contributed by atoms with Gasteiger partial charge in [0.25, 0.3) is 11.5 Å². The number of aromatic nitrogens is 3. The van der Waals surface area contributed by atoms with Gasteiger partial charge in [0.05, 0.1) is 18.4 Å². The van der Waals surface area contributed by atoms with Crippen LogP contribution in [0.1, 0.15) is 22.5 Å². The van der Waals surface area contributed by atoms with E-state index in [0.29, 0.717) is 11.4 Å². The third-order valence-electron chi connectivity index (χ3n) is 3.87. The first-order valence-electron chi connectivity index (χ1n) is 8.67. The van der Waals surface area contributed by atoms with E-state index in [-0.39, 0.29) is 30.1 Å². The van der Waals surface area contributed by atoms with Crippen LogP contribution in [0, 0.1) is 6.92 Å². The Labute approximate surface area is 161 Å². The van der Waals surface area contributed by atoms with Crippen LogP contribution in [0.15, 0.2) is 65.7 Å². The molecule has 8 heteroatoms. The predicted molar refractivity (Wildman–Crippen MR) is 105 cm³/mol. The normalized spacial score (nSPS) is 10.3. The van der Waals surface area contributed by atoms with Crippen LogP contribution < -0.4 is 16.2 Å². The number of amides is 2. The molecule has 0 saturated heterocycles. The molecule has 3 rings (SSSR count). The van der Waals surface area contributed by atoms with Gasteiger partial charge in [0, 0.05) is 24.4 Å². The van der Waals surface area contributed by atoms with Gasteiger partial charge in [0.1, 0.15) is 5.69 Å². The summed E-state index contributed by atoms with van der Waals surface area (Å²) in [5.41, 5.74) is 1.92. The largest absolute Gasteiger partial charge is 0.325 e. The molecule has 0 saturated carbocycles. The molecular formula is C20H19N5O3.